The fraction of sp³-hybridized carbons (Fsp3) is 0.500. The lowest BCUT2D eigenvalue weighted by Crippen LogP contribution is -2.39. The summed E-state index contributed by atoms with van der Waals surface area (Å²) in [6.07, 6.45) is 6.87. The summed E-state index contributed by atoms with van der Waals surface area (Å²) in [5, 5.41) is 11.6. The molecule has 2 rings (SSSR count). The van der Waals surface area contributed by atoms with E-state index in [0.717, 1.165) is 31.4 Å². The summed E-state index contributed by atoms with van der Waals surface area (Å²) in [6, 6.07) is 2.08. The standard InChI is InChI=1S/C14H18N4OS/c1-10-9-20-14(17-10)12(7-15)8-16-18-13(19)11-5-3-2-4-6-11/h8-9,11,16H,2-6H2,1H3,(H,18,19)/b12-8+. The number of nitrogens with one attached hydrogen (secondary N) is 2. The first-order valence-corrected chi connectivity index (χ1v) is 7.67. The number of hydrogen-bond donors (Lipinski definition) is 2. The minimum Gasteiger partial charge on any atom is -0.304 e. The molecular formula is C14H18N4OS. The second kappa shape index (κ2) is 7.06. The van der Waals surface area contributed by atoms with Gasteiger partial charge in [0.1, 0.15) is 16.6 Å². The molecule has 0 atom stereocenters. The molecule has 1 saturated carbocycles. The lowest BCUT2D eigenvalue weighted by atomic mass is 9.89. The molecule has 20 heavy (non-hydrogen) atoms. The third-order valence-corrected chi connectivity index (χ3v) is 4.35. The van der Waals surface area contributed by atoms with Crippen molar-refractivity contribution in [1.29, 1.82) is 5.26 Å². The van der Waals surface area contributed by atoms with Crippen LogP contribution in [0.1, 0.15) is 42.8 Å². The maximum absolute atomic E-state index is 11.9. The Morgan fingerprint density at radius 2 is 2.25 bits per heavy atom. The van der Waals surface area contributed by atoms with Gasteiger partial charge in [0.2, 0.25) is 5.91 Å². The summed E-state index contributed by atoms with van der Waals surface area (Å²) in [5.74, 6) is 0.103. The van der Waals surface area contributed by atoms with Crippen LogP contribution in [0.5, 0.6) is 0 Å². The molecule has 1 heterocycles. The van der Waals surface area contributed by atoms with E-state index in [1.54, 1.807) is 0 Å². The van der Waals surface area contributed by atoms with Gasteiger partial charge in [0.15, 0.2) is 0 Å². The van der Waals surface area contributed by atoms with Gasteiger partial charge in [-0.05, 0) is 19.8 Å². The molecule has 0 radical (unpaired) electrons. The van der Waals surface area contributed by atoms with Crippen molar-refractivity contribution in [3.05, 3.63) is 22.3 Å². The van der Waals surface area contributed by atoms with E-state index in [-0.39, 0.29) is 11.8 Å². The first-order valence-electron chi connectivity index (χ1n) is 6.79. The Bertz CT molecular complexity index is 538. The van der Waals surface area contributed by atoms with Gasteiger partial charge in [0, 0.05) is 23.2 Å². The number of carbonyl (C=O) groups is 1. The lowest BCUT2D eigenvalue weighted by molar-refractivity contribution is -0.126. The number of hydrogen-bond acceptors (Lipinski definition) is 5. The topological polar surface area (TPSA) is 77.8 Å². The highest BCUT2D eigenvalue weighted by Crippen LogP contribution is 2.23. The summed E-state index contributed by atoms with van der Waals surface area (Å²) in [6.45, 7) is 1.88. The zero-order chi connectivity index (χ0) is 14.4. The second-order valence-electron chi connectivity index (χ2n) is 4.93. The van der Waals surface area contributed by atoms with Crippen molar-refractivity contribution in [3.63, 3.8) is 0 Å². The highest BCUT2D eigenvalue weighted by Gasteiger charge is 2.20. The summed E-state index contributed by atoms with van der Waals surface area (Å²) < 4.78 is 0. The third-order valence-electron chi connectivity index (χ3n) is 3.36. The maximum atomic E-state index is 11.9. The molecule has 1 amide bonds. The van der Waals surface area contributed by atoms with Crippen LogP contribution in [0.2, 0.25) is 0 Å². The van der Waals surface area contributed by atoms with Gasteiger partial charge < -0.3 is 5.43 Å². The monoisotopic (exact) mass is 290 g/mol. The molecule has 106 valence electrons. The first-order chi connectivity index (χ1) is 9.70. The van der Waals surface area contributed by atoms with Crippen molar-refractivity contribution in [1.82, 2.24) is 15.8 Å². The molecule has 2 N–H and O–H groups in total. The number of aromatic nitrogens is 1. The molecule has 0 aliphatic heterocycles. The van der Waals surface area contributed by atoms with Gasteiger partial charge in [0.05, 0.1) is 0 Å². The van der Waals surface area contributed by atoms with E-state index in [9.17, 15) is 4.79 Å². The molecule has 1 aliphatic rings. The zero-order valence-corrected chi connectivity index (χ0v) is 12.3. The molecule has 1 fully saturated rings. The molecule has 1 aromatic heterocycles. The summed E-state index contributed by atoms with van der Waals surface area (Å²) in [7, 11) is 0. The second-order valence-corrected chi connectivity index (χ2v) is 5.79. The molecule has 0 aromatic carbocycles. The van der Waals surface area contributed by atoms with Crippen molar-refractivity contribution >= 4 is 22.8 Å². The Morgan fingerprint density at radius 1 is 1.50 bits per heavy atom. The summed E-state index contributed by atoms with van der Waals surface area (Å²) in [4.78, 5) is 16.2. The van der Waals surface area contributed by atoms with Crippen LogP contribution in [0, 0.1) is 24.2 Å². The van der Waals surface area contributed by atoms with Crippen LogP contribution in [0.15, 0.2) is 11.6 Å². The van der Waals surface area contributed by atoms with Crippen molar-refractivity contribution in [3.8, 4) is 6.07 Å². The van der Waals surface area contributed by atoms with Crippen molar-refractivity contribution in [2.45, 2.75) is 39.0 Å². The molecule has 0 bridgehead atoms. The number of amides is 1. The van der Waals surface area contributed by atoms with Crippen LogP contribution < -0.4 is 10.9 Å². The quantitative estimate of drug-likeness (QED) is 0.660. The van der Waals surface area contributed by atoms with Crippen LogP contribution in [-0.4, -0.2) is 10.9 Å². The number of thiazole rings is 1. The third kappa shape index (κ3) is 3.81. The van der Waals surface area contributed by atoms with Crippen LogP contribution in [-0.2, 0) is 4.79 Å². The molecule has 0 saturated heterocycles. The van der Waals surface area contributed by atoms with Gasteiger partial charge in [-0.1, -0.05) is 19.3 Å². The number of aryl methyl sites for hydroxylation is 1. The molecule has 6 heteroatoms. The van der Waals surface area contributed by atoms with Gasteiger partial charge in [-0.25, -0.2) is 4.98 Å². The minimum absolute atomic E-state index is 0.00793. The SMILES string of the molecule is Cc1csc(/C(C#N)=C/NNC(=O)C2CCCCC2)n1. The minimum atomic E-state index is 0.00793. The van der Waals surface area contributed by atoms with Crippen LogP contribution in [0.4, 0.5) is 0 Å². The molecule has 1 aromatic rings. The number of hydrazine groups is 1. The number of carbonyl (C=O) groups excluding carboxylic acids is 1. The van der Waals surface area contributed by atoms with Crippen LogP contribution in [0.3, 0.4) is 0 Å². The Kier molecular flexibility index (Phi) is 5.13. The first kappa shape index (κ1) is 14.5. The molecule has 1 aliphatic carbocycles. The molecule has 0 spiro atoms. The van der Waals surface area contributed by atoms with Crippen molar-refractivity contribution < 1.29 is 4.79 Å². The largest absolute Gasteiger partial charge is 0.304 e. The van der Waals surface area contributed by atoms with E-state index in [1.807, 2.05) is 12.3 Å². The van der Waals surface area contributed by atoms with E-state index < -0.39 is 0 Å². The van der Waals surface area contributed by atoms with E-state index in [4.69, 9.17) is 5.26 Å². The van der Waals surface area contributed by atoms with Gasteiger partial charge in [-0.3, -0.25) is 10.2 Å². The van der Waals surface area contributed by atoms with Crippen molar-refractivity contribution in [2.75, 3.05) is 0 Å². The fourth-order valence-corrected chi connectivity index (χ4v) is 3.03. The summed E-state index contributed by atoms with van der Waals surface area (Å²) >= 11 is 1.41. The fourth-order valence-electron chi connectivity index (χ4n) is 2.27. The number of rotatable bonds is 4. The average molecular weight is 290 g/mol. The maximum Gasteiger partial charge on any atom is 0.241 e. The lowest BCUT2D eigenvalue weighted by Gasteiger charge is -2.20. The van der Waals surface area contributed by atoms with E-state index in [2.05, 4.69) is 21.9 Å². The van der Waals surface area contributed by atoms with Gasteiger partial charge >= 0.3 is 0 Å². The van der Waals surface area contributed by atoms with Crippen molar-refractivity contribution in [2.24, 2.45) is 5.92 Å². The Labute approximate surface area is 122 Å². The Balaban J connectivity index is 1.88. The van der Waals surface area contributed by atoms with Gasteiger partial charge in [-0.2, -0.15) is 5.26 Å². The Hall–Kier alpha value is -1.87. The number of allylic oxidation sites excluding steroid dienone is 1. The molecule has 5 nitrogen and oxygen atoms in total. The number of nitrogens with zero attached hydrogens (tertiary/aromatic N) is 2. The smallest absolute Gasteiger partial charge is 0.241 e. The predicted octanol–water partition coefficient (Wildman–Crippen LogP) is 2.52. The van der Waals surface area contributed by atoms with E-state index >= 15 is 0 Å². The predicted molar refractivity (Wildman–Crippen MR) is 78.3 cm³/mol. The average Bonchev–Trinajstić information content (AvgIpc) is 2.90. The molecule has 0 unspecified atom stereocenters. The van der Waals surface area contributed by atoms with Gasteiger partial charge in [-0.15, -0.1) is 11.3 Å². The normalized spacial score (nSPS) is 16.5. The van der Waals surface area contributed by atoms with E-state index in [1.165, 1.54) is 24.0 Å². The highest BCUT2D eigenvalue weighted by molar-refractivity contribution is 7.10. The highest BCUT2D eigenvalue weighted by atomic mass is 32.1. The molecular weight excluding hydrogens is 272 g/mol. The number of nitriles is 1. The van der Waals surface area contributed by atoms with Crippen LogP contribution in [0.25, 0.3) is 5.57 Å². The van der Waals surface area contributed by atoms with Gasteiger partial charge in [0.25, 0.3) is 0 Å². The Morgan fingerprint density at radius 3 is 2.85 bits per heavy atom. The van der Waals surface area contributed by atoms with E-state index in [0.29, 0.717) is 10.6 Å². The summed E-state index contributed by atoms with van der Waals surface area (Å²) in [5.41, 5.74) is 6.69. The van der Waals surface area contributed by atoms with Crippen LogP contribution >= 0.6 is 11.3 Å². The zero-order valence-electron chi connectivity index (χ0n) is 11.5.